The van der Waals surface area contributed by atoms with Gasteiger partial charge in [0.25, 0.3) is 0 Å². The van der Waals surface area contributed by atoms with Crippen LogP contribution in [-0.4, -0.2) is 35.9 Å². The van der Waals surface area contributed by atoms with Crippen LogP contribution in [0.5, 0.6) is 5.75 Å². The lowest BCUT2D eigenvalue weighted by Gasteiger charge is -2.19. The van der Waals surface area contributed by atoms with Crippen LogP contribution >= 0.6 is 0 Å². The highest BCUT2D eigenvalue weighted by Crippen LogP contribution is 2.27. The zero-order chi connectivity index (χ0) is 23.4. The molecule has 1 aromatic heterocycles. The fourth-order valence-electron chi connectivity index (χ4n) is 3.68. The van der Waals surface area contributed by atoms with Crippen molar-refractivity contribution in [1.29, 1.82) is 0 Å². The lowest BCUT2D eigenvalue weighted by Crippen LogP contribution is -2.28. The third-order valence-electron chi connectivity index (χ3n) is 5.35. The molecule has 0 bridgehead atoms. The Labute approximate surface area is 193 Å². The zero-order valence-corrected chi connectivity index (χ0v) is 19.0. The van der Waals surface area contributed by atoms with Gasteiger partial charge in [0.15, 0.2) is 0 Å². The predicted octanol–water partition coefficient (Wildman–Crippen LogP) is 3.66. The fraction of sp³-hybridized carbons (Fsp3) is 0.160. The van der Waals surface area contributed by atoms with Gasteiger partial charge in [-0.25, -0.2) is 4.98 Å². The van der Waals surface area contributed by atoms with Gasteiger partial charge in [0.2, 0.25) is 10.3 Å². The zero-order valence-electron chi connectivity index (χ0n) is 18.1. The van der Waals surface area contributed by atoms with E-state index in [0.29, 0.717) is 23.6 Å². The molecule has 0 spiro atoms. The standard InChI is InChI=1S/C25H22N2O5S/c1-17-22(13-12-21(25(28)31-2)23(17)33(29)30)32-20-10-8-19(9-11-20)24-26-14-15-27(24)16-18-6-4-3-5-7-18/h3-15,21H,16H2,1-2H3. The van der Waals surface area contributed by atoms with Crippen molar-refractivity contribution < 1.29 is 22.7 Å². The molecule has 0 fully saturated rings. The van der Waals surface area contributed by atoms with Gasteiger partial charge in [0, 0.05) is 30.1 Å². The number of aromatic nitrogens is 2. The Bertz CT molecular complexity index is 1360. The molecule has 0 aliphatic heterocycles. The van der Waals surface area contributed by atoms with E-state index in [1.165, 1.54) is 18.7 Å². The van der Waals surface area contributed by atoms with Crippen LogP contribution in [0.25, 0.3) is 11.4 Å². The normalized spacial score (nSPS) is 15.5. The molecule has 1 atom stereocenters. The highest BCUT2D eigenvalue weighted by Gasteiger charge is 2.30. The second-order valence-electron chi connectivity index (χ2n) is 7.44. The summed E-state index contributed by atoms with van der Waals surface area (Å²) in [5.74, 6) is 0.0986. The van der Waals surface area contributed by atoms with E-state index >= 15 is 0 Å². The summed E-state index contributed by atoms with van der Waals surface area (Å²) in [6.45, 7) is 2.31. The summed E-state index contributed by atoms with van der Waals surface area (Å²) in [6.07, 6.45) is 6.76. The molecule has 0 saturated carbocycles. The number of hydrogen-bond donors (Lipinski definition) is 0. The molecule has 33 heavy (non-hydrogen) atoms. The topological polar surface area (TPSA) is 87.5 Å². The highest BCUT2D eigenvalue weighted by atomic mass is 32.2. The molecular formula is C25H22N2O5S. The van der Waals surface area contributed by atoms with Gasteiger partial charge in [-0.2, -0.15) is 8.42 Å². The number of ether oxygens (including phenoxy) is 2. The third kappa shape index (κ3) is 4.80. The average Bonchev–Trinajstić information content (AvgIpc) is 3.28. The largest absolute Gasteiger partial charge is 0.468 e. The van der Waals surface area contributed by atoms with Gasteiger partial charge in [-0.15, -0.1) is 0 Å². The van der Waals surface area contributed by atoms with Crippen molar-refractivity contribution in [2.24, 2.45) is 5.92 Å². The van der Waals surface area contributed by atoms with E-state index in [1.807, 2.05) is 36.5 Å². The maximum absolute atomic E-state index is 11.9. The minimum atomic E-state index is -2.59. The first kappa shape index (κ1) is 22.3. The van der Waals surface area contributed by atoms with E-state index in [1.54, 1.807) is 31.3 Å². The van der Waals surface area contributed by atoms with Gasteiger partial charge in [-0.05, 0) is 42.8 Å². The van der Waals surface area contributed by atoms with Gasteiger partial charge in [-0.3, -0.25) is 4.79 Å². The smallest absolute Gasteiger partial charge is 0.318 e. The first-order chi connectivity index (χ1) is 16.0. The number of imidazole rings is 1. The number of hydrogen-bond acceptors (Lipinski definition) is 6. The van der Waals surface area contributed by atoms with Crippen molar-refractivity contribution in [1.82, 2.24) is 9.55 Å². The van der Waals surface area contributed by atoms with Crippen LogP contribution in [0.2, 0.25) is 0 Å². The Morgan fingerprint density at radius 1 is 1.09 bits per heavy atom. The van der Waals surface area contributed by atoms with Gasteiger partial charge in [0.1, 0.15) is 23.3 Å². The van der Waals surface area contributed by atoms with E-state index in [9.17, 15) is 13.2 Å². The molecule has 1 heterocycles. The lowest BCUT2D eigenvalue weighted by molar-refractivity contribution is -0.141. The summed E-state index contributed by atoms with van der Waals surface area (Å²) in [7, 11) is -1.37. The number of methoxy groups -OCH3 is 1. The Hall–Kier alpha value is -3.91. The molecule has 7 nitrogen and oxygen atoms in total. The molecule has 0 N–H and O–H groups in total. The summed E-state index contributed by atoms with van der Waals surface area (Å²) in [6, 6.07) is 17.5. The molecule has 4 rings (SSSR count). The average molecular weight is 463 g/mol. The van der Waals surface area contributed by atoms with Crippen molar-refractivity contribution in [3.63, 3.8) is 0 Å². The van der Waals surface area contributed by atoms with Crippen molar-refractivity contribution in [3.8, 4) is 17.1 Å². The first-order valence-electron chi connectivity index (χ1n) is 10.2. The minimum absolute atomic E-state index is 0.0566. The van der Waals surface area contributed by atoms with Crippen molar-refractivity contribution in [3.05, 3.63) is 96.0 Å². The predicted molar refractivity (Wildman–Crippen MR) is 125 cm³/mol. The quantitative estimate of drug-likeness (QED) is 0.410. The van der Waals surface area contributed by atoms with Crippen LogP contribution in [0.4, 0.5) is 0 Å². The van der Waals surface area contributed by atoms with E-state index in [4.69, 9.17) is 9.47 Å². The van der Waals surface area contributed by atoms with Crippen LogP contribution in [0.3, 0.4) is 0 Å². The monoisotopic (exact) mass is 462 g/mol. The summed E-state index contributed by atoms with van der Waals surface area (Å²) in [5.41, 5.74) is 2.46. The number of benzene rings is 2. The van der Waals surface area contributed by atoms with E-state index in [0.717, 1.165) is 11.4 Å². The molecule has 1 unspecified atom stereocenters. The maximum atomic E-state index is 11.9. The summed E-state index contributed by atoms with van der Waals surface area (Å²) in [5, 5.41) is 0. The molecule has 0 saturated heterocycles. The van der Waals surface area contributed by atoms with Crippen LogP contribution in [0.15, 0.2) is 90.5 Å². The second-order valence-corrected chi connectivity index (χ2v) is 8.35. The maximum Gasteiger partial charge on any atom is 0.318 e. The third-order valence-corrected chi connectivity index (χ3v) is 6.27. The molecule has 0 radical (unpaired) electrons. The lowest BCUT2D eigenvalue weighted by atomic mass is 9.94. The number of carbonyl (C=O) groups is 1. The molecule has 3 aromatic rings. The number of allylic oxidation sites excluding steroid dienone is 2. The Balaban J connectivity index is 1.55. The van der Waals surface area contributed by atoms with Crippen molar-refractivity contribution in [2.45, 2.75) is 13.5 Å². The van der Waals surface area contributed by atoms with E-state index in [2.05, 4.69) is 21.7 Å². The minimum Gasteiger partial charge on any atom is -0.468 e. The Kier molecular flexibility index (Phi) is 6.55. The number of carbonyl (C=O) groups excluding carboxylic acids is 1. The van der Waals surface area contributed by atoms with Crippen LogP contribution < -0.4 is 4.74 Å². The number of esters is 1. The molecule has 2 aromatic carbocycles. The van der Waals surface area contributed by atoms with Gasteiger partial charge in [0.05, 0.1) is 12.0 Å². The van der Waals surface area contributed by atoms with Gasteiger partial charge >= 0.3 is 5.97 Å². The Morgan fingerprint density at radius 3 is 2.48 bits per heavy atom. The summed E-state index contributed by atoms with van der Waals surface area (Å²) < 4.78 is 36.2. The van der Waals surface area contributed by atoms with Gasteiger partial charge in [-0.1, -0.05) is 36.4 Å². The SMILES string of the molecule is COC(=O)C1C=CC(Oc2ccc(-c3nccn3Cc3ccccc3)cc2)=C(C)C1=S(=O)=O. The second kappa shape index (κ2) is 9.70. The van der Waals surface area contributed by atoms with E-state index < -0.39 is 22.2 Å². The fourth-order valence-corrected chi connectivity index (χ4v) is 4.41. The Morgan fingerprint density at radius 2 is 1.82 bits per heavy atom. The number of rotatable bonds is 6. The van der Waals surface area contributed by atoms with Crippen molar-refractivity contribution in [2.75, 3.05) is 7.11 Å². The van der Waals surface area contributed by atoms with Crippen LogP contribution in [-0.2, 0) is 26.4 Å². The van der Waals surface area contributed by atoms with Crippen molar-refractivity contribution >= 4 is 21.1 Å². The summed E-state index contributed by atoms with van der Waals surface area (Å²) >= 11 is 0. The van der Waals surface area contributed by atoms with Gasteiger partial charge < -0.3 is 14.0 Å². The first-order valence-corrected chi connectivity index (χ1v) is 11.3. The summed E-state index contributed by atoms with van der Waals surface area (Å²) in [4.78, 5) is 16.4. The molecular weight excluding hydrogens is 440 g/mol. The number of nitrogens with zero attached hydrogens (tertiary/aromatic N) is 2. The molecule has 1 aliphatic carbocycles. The molecule has 8 heteroatoms. The molecule has 168 valence electrons. The molecule has 0 amide bonds. The molecule has 1 aliphatic rings. The van der Waals surface area contributed by atoms with E-state index in [-0.39, 0.29) is 4.86 Å². The highest BCUT2D eigenvalue weighted by molar-refractivity contribution is 7.73. The van der Waals surface area contributed by atoms with Crippen LogP contribution in [0, 0.1) is 5.92 Å². The van der Waals surface area contributed by atoms with Crippen LogP contribution in [0.1, 0.15) is 12.5 Å².